The minimum atomic E-state index is -0.0119. The molecule has 0 aliphatic carbocycles. The number of amides is 1. The van der Waals surface area contributed by atoms with Crippen LogP contribution in [0.3, 0.4) is 0 Å². The van der Waals surface area contributed by atoms with Crippen molar-refractivity contribution < 1.29 is 9.53 Å². The number of hydrogen-bond acceptors (Lipinski definition) is 5. The fourth-order valence-corrected chi connectivity index (χ4v) is 3.89. The number of rotatable bonds is 6. The molecule has 1 aromatic carbocycles. The van der Waals surface area contributed by atoms with Gasteiger partial charge in [0.1, 0.15) is 0 Å². The van der Waals surface area contributed by atoms with Crippen molar-refractivity contribution in [3.8, 4) is 11.4 Å². The van der Waals surface area contributed by atoms with Gasteiger partial charge < -0.3 is 19.6 Å². The standard InChI is InChI=1S/C18H21N5O2S/c1-23-17(14-10-19-15-7-3-2-6-13(14)15)21-22-18(23)26-11-16(24)20-9-12-5-4-8-25-12/h2-3,6-7,10,12,19H,4-5,8-9,11H2,1H3,(H,20,24)/t12-/m0/s1. The molecular formula is C18H21N5O2S. The Kier molecular flexibility index (Phi) is 4.94. The SMILES string of the molecule is Cn1c(SCC(=O)NC[C@@H]2CCCO2)nnc1-c1c[nH]c2ccccc12. The Balaban J connectivity index is 1.40. The van der Waals surface area contributed by atoms with Crippen molar-refractivity contribution >= 4 is 28.6 Å². The highest BCUT2D eigenvalue weighted by Crippen LogP contribution is 2.29. The van der Waals surface area contributed by atoms with Gasteiger partial charge in [0.05, 0.1) is 11.9 Å². The second-order valence-electron chi connectivity index (χ2n) is 6.34. The average Bonchev–Trinajstić information content (AvgIpc) is 3.38. The molecule has 8 heteroatoms. The van der Waals surface area contributed by atoms with E-state index in [1.54, 1.807) is 0 Å². The summed E-state index contributed by atoms with van der Waals surface area (Å²) in [4.78, 5) is 15.3. The zero-order valence-corrected chi connectivity index (χ0v) is 15.4. The first kappa shape index (κ1) is 17.1. The van der Waals surface area contributed by atoms with E-state index in [0.29, 0.717) is 12.3 Å². The summed E-state index contributed by atoms with van der Waals surface area (Å²) in [6.45, 7) is 1.38. The Labute approximate surface area is 155 Å². The van der Waals surface area contributed by atoms with Crippen LogP contribution < -0.4 is 5.32 Å². The minimum Gasteiger partial charge on any atom is -0.376 e. The lowest BCUT2D eigenvalue weighted by molar-refractivity contribution is -0.119. The first-order valence-electron chi connectivity index (χ1n) is 8.69. The predicted molar refractivity (Wildman–Crippen MR) is 101 cm³/mol. The number of para-hydroxylation sites is 1. The number of carbonyl (C=O) groups is 1. The van der Waals surface area contributed by atoms with Crippen molar-refractivity contribution in [2.75, 3.05) is 18.9 Å². The number of fused-ring (bicyclic) bond motifs is 1. The van der Waals surface area contributed by atoms with Gasteiger partial charge in [0.15, 0.2) is 11.0 Å². The molecule has 1 aliphatic rings. The Hall–Kier alpha value is -2.32. The molecule has 0 radical (unpaired) electrons. The summed E-state index contributed by atoms with van der Waals surface area (Å²) in [5.74, 6) is 1.08. The zero-order valence-electron chi connectivity index (χ0n) is 14.6. The van der Waals surface area contributed by atoms with Crippen molar-refractivity contribution in [3.05, 3.63) is 30.5 Å². The molecule has 2 N–H and O–H groups in total. The van der Waals surface area contributed by atoms with Gasteiger partial charge >= 0.3 is 0 Å². The number of H-pyrrole nitrogens is 1. The van der Waals surface area contributed by atoms with E-state index < -0.39 is 0 Å². The van der Waals surface area contributed by atoms with Crippen LogP contribution in [0.25, 0.3) is 22.3 Å². The van der Waals surface area contributed by atoms with Crippen LogP contribution >= 0.6 is 11.8 Å². The maximum absolute atomic E-state index is 12.0. The summed E-state index contributed by atoms with van der Waals surface area (Å²) in [7, 11) is 1.92. The van der Waals surface area contributed by atoms with Gasteiger partial charge in [-0.25, -0.2) is 0 Å². The number of nitrogens with zero attached hydrogens (tertiary/aromatic N) is 3. The highest BCUT2D eigenvalue weighted by Gasteiger charge is 2.18. The molecule has 4 rings (SSSR count). The largest absolute Gasteiger partial charge is 0.376 e. The van der Waals surface area contributed by atoms with Crippen LogP contribution in [-0.4, -0.2) is 50.7 Å². The van der Waals surface area contributed by atoms with Crippen LogP contribution in [0.5, 0.6) is 0 Å². The van der Waals surface area contributed by atoms with Gasteiger partial charge in [0.25, 0.3) is 0 Å². The molecule has 1 atom stereocenters. The molecule has 26 heavy (non-hydrogen) atoms. The fourth-order valence-electron chi connectivity index (χ4n) is 3.15. The van der Waals surface area contributed by atoms with Gasteiger partial charge in [-0.3, -0.25) is 4.79 Å². The molecule has 0 spiro atoms. The van der Waals surface area contributed by atoms with E-state index in [1.165, 1.54) is 11.8 Å². The lowest BCUT2D eigenvalue weighted by atomic mass is 10.1. The van der Waals surface area contributed by atoms with Gasteiger partial charge in [-0.1, -0.05) is 30.0 Å². The Morgan fingerprint density at radius 2 is 2.31 bits per heavy atom. The van der Waals surface area contributed by atoms with Crippen molar-refractivity contribution in [3.63, 3.8) is 0 Å². The van der Waals surface area contributed by atoms with Gasteiger partial charge in [-0.15, -0.1) is 10.2 Å². The molecule has 3 aromatic rings. The van der Waals surface area contributed by atoms with Gasteiger partial charge in [0.2, 0.25) is 5.91 Å². The first-order valence-corrected chi connectivity index (χ1v) is 9.68. The number of benzene rings is 1. The lowest BCUT2D eigenvalue weighted by Gasteiger charge is -2.10. The third kappa shape index (κ3) is 3.47. The minimum absolute atomic E-state index is 0.0119. The number of carbonyl (C=O) groups excluding carboxylic acids is 1. The summed E-state index contributed by atoms with van der Waals surface area (Å²) in [5, 5.41) is 13.3. The molecule has 2 aromatic heterocycles. The zero-order chi connectivity index (χ0) is 17.9. The molecule has 0 unspecified atom stereocenters. The van der Waals surface area contributed by atoms with Crippen molar-refractivity contribution in [1.82, 2.24) is 25.1 Å². The molecule has 136 valence electrons. The maximum Gasteiger partial charge on any atom is 0.230 e. The van der Waals surface area contributed by atoms with E-state index >= 15 is 0 Å². The highest BCUT2D eigenvalue weighted by atomic mass is 32.2. The van der Waals surface area contributed by atoms with Crippen molar-refractivity contribution in [2.45, 2.75) is 24.1 Å². The van der Waals surface area contributed by atoms with Gasteiger partial charge in [0, 0.05) is 42.9 Å². The van der Waals surface area contributed by atoms with Gasteiger partial charge in [-0.2, -0.15) is 0 Å². The molecule has 1 saturated heterocycles. The summed E-state index contributed by atoms with van der Waals surface area (Å²) < 4.78 is 7.44. The number of nitrogens with one attached hydrogen (secondary N) is 2. The van der Waals surface area contributed by atoms with E-state index in [9.17, 15) is 4.79 Å². The summed E-state index contributed by atoms with van der Waals surface area (Å²) in [5.41, 5.74) is 2.07. The number of hydrogen-bond donors (Lipinski definition) is 2. The molecule has 1 amide bonds. The van der Waals surface area contributed by atoms with Crippen molar-refractivity contribution in [1.29, 1.82) is 0 Å². The summed E-state index contributed by atoms with van der Waals surface area (Å²) >= 11 is 1.39. The maximum atomic E-state index is 12.0. The monoisotopic (exact) mass is 371 g/mol. The predicted octanol–water partition coefficient (Wildman–Crippen LogP) is 2.35. The highest BCUT2D eigenvalue weighted by molar-refractivity contribution is 7.99. The number of aromatic amines is 1. The van der Waals surface area contributed by atoms with Crippen LogP contribution in [0, 0.1) is 0 Å². The fraction of sp³-hybridized carbons (Fsp3) is 0.389. The van der Waals surface area contributed by atoms with Crippen LogP contribution in [0.4, 0.5) is 0 Å². The van der Waals surface area contributed by atoms with Gasteiger partial charge in [-0.05, 0) is 18.9 Å². The van der Waals surface area contributed by atoms with E-state index in [1.807, 2.05) is 36.0 Å². The molecule has 0 saturated carbocycles. The number of aromatic nitrogens is 4. The molecule has 1 fully saturated rings. The molecule has 3 heterocycles. The molecule has 7 nitrogen and oxygen atoms in total. The normalized spacial score (nSPS) is 17.0. The molecule has 1 aliphatic heterocycles. The Bertz CT molecular complexity index is 913. The second kappa shape index (κ2) is 7.51. The van der Waals surface area contributed by atoms with E-state index in [4.69, 9.17) is 4.74 Å². The molecule has 0 bridgehead atoms. The third-order valence-corrected chi connectivity index (χ3v) is 5.57. The lowest BCUT2D eigenvalue weighted by Crippen LogP contribution is -2.32. The summed E-state index contributed by atoms with van der Waals surface area (Å²) in [6, 6.07) is 8.09. The Morgan fingerprint density at radius 1 is 1.42 bits per heavy atom. The first-order chi connectivity index (χ1) is 12.7. The second-order valence-corrected chi connectivity index (χ2v) is 7.28. The third-order valence-electron chi connectivity index (χ3n) is 4.55. The van der Waals surface area contributed by atoms with E-state index in [2.05, 4.69) is 26.6 Å². The average molecular weight is 371 g/mol. The van der Waals surface area contributed by atoms with E-state index in [-0.39, 0.29) is 12.0 Å². The molecular weight excluding hydrogens is 350 g/mol. The van der Waals surface area contributed by atoms with Crippen LogP contribution in [0.15, 0.2) is 35.6 Å². The quantitative estimate of drug-likeness (QED) is 0.650. The number of ether oxygens (including phenoxy) is 1. The summed E-state index contributed by atoms with van der Waals surface area (Å²) in [6.07, 6.45) is 4.19. The topological polar surface area (TPSA) is 84.8 Å². The van der Waals surface area contributed by atoms with Crippen LogP contribution in [-0.2, 0) is 16.6 Å². The van der Waals surface area contributed by atoms with E-state index in [0.717, 1.165) is 46.9 Å². The van der Waals surface area contributed by atoms with Crippen LogP contribution in [0.2, 0.25) is 0 Å². The Morgan fingerprint density at radius 3 is 3.15 bits per heavy atom. The van der Waals surface area contributed by atoms with Crippen molar-refractivity contribution in [2.24, 2.45) is 7.05 Å². The number of thioether (sulfide) groups is 1. The van der Waals surface area contributed by atoms with Crippen LogP contribution in [0.1, 0.15) is 12.8 Å². The smallest absolute Gasteiger partial charge is 0.230 e.